The lowest BCUT2D eigenvalue weighted by atomic mass is 10.1. The SMILES string of the molecule is O=C1NC(=S)N(c2cccc(Cl)c2Cl)C(=O)/C1=C/c1cc(Br)c(OCc2ccc(Br)cc2)c(I)c1. The van der Waals surface area contributed by atoms with Gasteiger partial charge in [0, 0.05) is 4.47 Å². The van der Waals surface area contributed by atoms with E-state index in [-0.39, 0.29) is 26.4 Å². The van der Waals surface area contributed by atoms with Crippen molar-refractivity contribution in [2.45, 2.75) is 6.61 Å². The van der Waals surface area contributed by atoms with Crippen LogP contribution < -0.4 is 15.0 Å². The lowest BCUT2D eigenvalue weighted by Gasteiger charge is -2.29. The highest BCUT2D eigenvalue weighted by atomic mass is 127. The van der Waals surface area contributed by atoms with Gasteiger partial charge in [0.1, 0.15) is 17.9 Å². The molecule has 1 heterocycles. The van der Waals surface area contributed by atoms with E-state index in [4.69, 9.17) is 40.2 Å². The van der Waals surface area contributed by atoms with E-state index < -0.39 is 11.8 Å². The third-order valence-corrected chi connectivity index (χ3v) is 7.91. The molecular weight excluding hydrogens is 754 g/mol. The van der Waals surface area contributed by atoms with Crippen LogP contribution in [0.3, 0.4) is 0 Å². The number of nitrogens with zero attached hydrogens (tertiary/aromatic N) is 1. The Morgan fingerprint density at radius 1 is 1.09 bits per heavy atom. The van der Waals surface area contributed by atoms with Crippen LogP contribution in [0.1, 0.15) is 11.1 Å². The summed E-state index contributed by atoms with van der Waals surface area (Å²) in [5.74, 6) is -0.552. The van der Waals surface area contributed by atoms with Gasteiger partial charge in [-0.15, -0.1) is 0 Å². The molecule has 1 saturated heterocycles. The number of nitrogens with one attached hydrogen (secondary N) is 1. The molecule has 5 nitrogen and oxygen atoms in total. The molecule has 0 unspecified atom stereocenters. The van der Waals surface area contributed by atoms with E-state index in [9.17, 15) is 9.59 Å². The highest BCUT2D eigenvalue weighted by molar-refractivity contribution is 14.1. The van der Waals surface area contributed by atoms with Crippen molar-refractivity contribution in [3.63, 3.8) is 0 Å². The summed E-state index contributed by atoms with van der Waals surface area (Å²) in [6.45, 7) is 0.385. The molecule has 4 rings (SSSR count). The Labute approximate surface area is 247 Å². The molecular formula is C24H13Br2Cl2IN2O3S. The minimum absolute atomic E-state index is 0.0752. The maximum Gasteiger partial charge on any atom is 0.270 e. The minimum Gasteiger partial charge on any atom is -0.487 e. The molecule has 35 heavy (non-hydrogen) atoms. The second kappa shape index (κ2) is 11.3. The Hall–Kier alpha value is -1.50. The number of ether oxygens (including phenoxy) is 1. The average molecular weight is 767 g/mol. The van der Waals surface area contributed by atoms with Crippen molar-refractivity contribution in [2.24, 2.45) is 0 Å². The van der Waals surface area contributed by atoms with E-state index >= 15 is 0 Å². The summed E-state index contributed by atoms with van der Waals surface area (Å²) < 4.78 is 8.48. The fraction of sp³-hybridized carbons (Fsp3) is 0.0417. The quantitative estimate of drug-likeness (QED) is 0.126. The summed E-state index contributed by atoms with van der Waals surface area (Å²) in [4.78, 5) is 27.1. The first-order valence-corrected chi connectivity index (χ1v) is 13.7. The van der Waals surface area contributed by atoms with Crippen molar-refractivity contribution in [1.82, 2.24) is 5.32 Å². The number of halogens is 5. The van der Waals surface area contributed by atoms with Crippen LogP contribution in [-0.4, -0.2) is 16.9 Å². The van der Waals surface area contributed by atoms with E-state index in [0.29, 0.717) is 22.4 Å². The first-order valence-electron chi connectivity index (χ1n) is 9.87. The normalized spacial score (nSPS) is 14.9. The predicted octanol–water partition coefficient (Wildman–Crippen LogP) is 7.53. The van der Waals surface area contributed by atoms with E-state index in [1.54, 1.807) is 24.3 Å². The van der Waals surface area contributed by atoms with Crippen LogP contribution in [0.5, 0.6) is 5.75 Å². The lowest BCUT2D eigenvalue weighted by Crippen LogP contribution is -2.54. The van der Waals surface area contributed by atoms with Crippen molar-refractivity contribution in [1.29, 1.82) is 0 Å². The van der Waals surface area contributed by atoms with Crippen LogP contribution in [0.4, 0.5) is 5.69 Å². The fourth-order valence-corrected chi connectivity index (χ4v) is 5.93. The van der Waals surface area contributed by atoms with Crippen molar-refractivity contribution >= 4 is 119 Å². The molecule has 1 N–H and O–H groups in total. The molecule has 0 atom stereocenters. The fourth-order valence-electron chi connectivity index (χ4n) is 3.24. The first kappa shape index (κ1) is 26.6. The maximum absolute atomic E-state index is 13.3. The number of thiocarbonyl (C=S) groups is 1. The summed E-state index contributed by atoms with van der Waals surface area (Å²) in [7, 11) is 0. The molecule has 0 aromatic heterocycles. The zero-order chi connectivity index (χ0) is 25.3. The van der Waals surface area contributed by atoms with Crippen molar-refractivity contribution in [3.05, 3.63) is 93.9 Å². The molecule has 0 saturated carbocycles. The van der Waals surface area contributed by atoms with E-state index in [1.807, 2.05) is 30.3 Å². The smallest absolute Gasteiger partial charge is 0.270 e. The summed E-state index contributed by atoms with van der Waals surface area (Å²) in [5.41, 5.74) is 1.83. The lowest BCUT2D eigenvalue weighted by molar-refractivity contribution is -0.122. The molecule has 0 radical (unpaired) electrons. The van der Waals surface area contributed by atoms with Gasteiger partial charge in [-0.3, -0.25) is 19.8 Å². The molecule has 0 bridgehead atoms. The number of hydrogen-bond acceptors (Lipinski definition) is 4. The van der Waals surface area contributed by atoms with Crippen LogP contribution in [0.25, 0.3) is 6.08 Å². The number of amides is 2. The van der Waals surface area contributed by atoms with Gasteiger partial charge in [-0.1, -0.05) is 57.3 Å². The van der Waals surface area contributed by atoms with Gasteiger partial charge < -0.3 is 4.74 Å². The van der Waals surface area contributed by atoms with Crippen molar-refractivity contribution < 1.29 is 14.3 Å². The Bertz CT molecular complexity index is 1380. The van der Waals surface area contributed by atoms with Crippen LogP contribution in [0, 0.1) is 3.57 Å². The number of hydrogen-bond donors (Lipinski definition) is 1. The summed E-state index contributed by atoms with van der Waals surface area (Å²) >= 11 is 26.8. The van der Waals surface area contributed by atoms with Gasteiger partial charge in [0.05, 0.1) is 23.8 Å². The predicted molar refractivity (Wildman–Crippen MR) is 158 cm³/mol. The van der Waals surface area contributed by atoms with Crippen molar-refractivity contribution in [3.8, 4) is 5.75 Å². The molecule has 0 aliphatic carbocycles. The molecule has 3 aromatic rings. The van der Waals surface area contributed by atoms with Gasteiger partial charge in [0.25, 0.3) is 11.8 Å². The molecule has 2 amide bonds. The Morgan fingerprint density at radius 2 is 1.80 bits per heavy atom. The summed E-state index contributed by atoms with van der Waals surface area (Å²) in [6.07, 6.45) is 1.50. The second-order valence-corrected chi connectivity index (χ2v) is 11.4. The van der Waals surface area contributed by atoms with Gasteiger partial charge in [-0.05, 0) is 104 Å². The van der Waals surface area contributed by atoms with Crippen molar-refractivity contribution in [2.75, 3.05) is 4.90 Å². The Balaban J connectivity index is 1.63. The second-order valence-electron chi connectivity index (χ2n) is 7.26. The standard InChI is InChI=1S/C24H13Br2Cl2IN2O3S/c25-14-6-4-12(5-7-14)11-34-21-16(26)9-13(10-18(21)29)8-15-22(32)30-24(35)31(23(15)33)19-3-1-2-17(27)20(19)28/h1-10H,11H2,(H,30,32,35)/b15-8+. The van der Waals surface area contributed by atoms with E-state index in [1.165, 1.54) is 6.08 Å². The van der Waals surface area contributed by atoms with Crippen LogP contribution in [-0.2, 0) is 16.2 Å². The number of anilines is 1. The van der Waals surface area contributed by atoms with E-state index in [0.717, 1.165) is 18.5 Å². The Kier molecular flexibility index (Phi) is 8.55. The van der Waals surface area contributed by atoms with Crippen LogP contribution in [0.15, 0.2) is 69.1 Å². The maximum atomic E-state index is 13.3. The van der Waals surface area contributed by atoms with Crippen LogP contribution >= 0.6 is 89.9 Å². The average Bonchev–Trinajstić information content (AvgIpc) is 2.80. The van der Waals surface area contributed by atoms with E-state index in [2.05, 4.69) is 59.8 Å². The van der Waals surface area contributed by atoms with Crippen LogP contribution in [0.2, 0.25) is 10.0 Å². The largest absolute Gasteiger partial charge is 0.487 e. The zero-order valence-corrected chi connectivity index (χ0v) is 25.1. The number of carbonyl (C=O) groups excluding carboxylic acids is 2. The Morgan fingerprint density at radius 3 is 2.49 bits per heavy atom. The van der Waals surface area contributed by atoms with Gasteiger partial charge in [-0.2, -0.15) is 0 Å². The molecule has 1 aliphatic rings. The summed E-state index contributed by atoms with van der Waals surface area (Å²) in [5, 5.41) is 2.89. The van der Waals surface area contributed by atoms with Gasteiger partial charge in [0.2, 0.25) is 0 Å². The minimum atomic E-state index is -0.607. The molecule has 1 aliphatic heterocycles. The monoisotopic (exact) mass is 764 g/mol. The number of benzene rings is 3. The topological polar surface area (TPSA) is 58.6 Å². The molecule has 3 aromatic carbocycles. The highest BCUT2D eigenvalue weighted by Crippen LogP contribution is 2.36. The highest BCUT2D eigenvalue weighted by Gasteiger charge is 2.35. The molecule has 0 spiro atoms. The molecule has 11 heteroatoms. The first-order chi connectivity index (χ1) is 16.7. The summed E-state index contributed by atoms with van der Waals surface area (Å²) in [6, 6.07) is 16.3. The third kappa shape index (κ3) is 5.91. The third-order valence-electron chi connectivity index (χ3n) is 4.90. The van der Waals surface area contributed by atoms with Gasteiger partial charge >= 0.3 is 0 Å². The molecule has 1 fully saturated rings. The number of rotatable bonds is 5. The van der Waals surface area contributed by atoms with Gasteiger partial charge in [-0.25, -0.2) is 0 Å². The zero-order valence-electron chi connectivity index (χ0n) is 17.5. The molecule has 178 valence electrons. The van der Waals surface area contributed by atoms with Gasteiger partial charge in [0.15, 0.2) is 5.11 Å². The number of carbonyl (C=O) groups is 2.